The van der Waals surface area contributed by atoms with E-state index in [0.29, 0.717) is 11.8 Å². The molecule has 0 bridgehead atoms. The molecule has 3 heteroatoms. The second-order valence-corrected chi connectivity index (χ2v) is 4.51. The van der Waals surface area contributed by atoms with Gasteiger partial charge in [-0.05, 0) is 31.0 Å². The second kappa shape index (κ2) is 5.32. The standard InChI is InChI=1S/C13H20N2O/c1-11(15-7-5-14-6-8-15)9-12-3-2-4-13(16)10-12/h2-4,10-11,14,16H,5-9H2,1H3. The molecule has 1 saturated heterocycles. The molecule has 0 saturated carbocycles. The summed E-state index contributed by atoms with van der Waals surface area (Å²) in [5, 5.41) is 12.8. The Bertz CT molecular complexity index is 334. The Morgan fingerprint density at radius 1 is 1.38 bits per heavy atom. The molecular weight excluding hydrogens is 200 g/mol. The fraction of sp³-hybridized carbons (Fsp3) is 0.538. The van der Waals surface area contributed by atoms with Crippen LogP contribution in [0.25, 0.3) is 0 Å². The highest BCUT2D eigenvalue weighted by Crippen LogP contribution is 2.14. The van der Waals surface area contributed by atoms with Crippen LogP contribution in [-0.4, -0.2) is 42.2 Å². The number of phenols is 1. The summed E-state index contributed by atoms with van der Waals surface area (Å²) in [6.07, 6.45) is 1.01. The highest BCUT2D eigenvalue weighted by atomic mass is 16.3. The maximum absolute atomic E-state index is 9.41. The van der Waals surface area contributed by atoms with Crippen molar-refractivity contribution in [3.05, 3.63) is 29.8 Å². The number of piperazine rings is 1. The molecule has 0 aliphatic carbocycles. The predicted molar refractivity (Wildman–Crippen MR) is 65.7 cm³/mol. The number of nitrogens with one attached hydrogen (secondary N) is 1. The average molecular weight is 220 g/mol. The van der Waals surface area contributed by atoms with Crippen LogP contribution < -0.4 is 5.32 Å². The van der Waals surface area contributed by atoms with E-state index >= 15 is 0 Å². The van der Waals surface area contributed by atoms with Gasteiger partial charge in [0.25, 0.3) is 0 Å². The van der Waals surface area contributed by atoms with Crippen molar-refractivity contribution < 1.29 is 5.11 Å². The van der Waals surface area contributed by atoms with E-state index < -0.39 is 0 Å². The first-order valence-corrected chi connectivity index (χ1v) is 5.98. The van der Waals surface area contributed by atoms with Crippen LogP contribution in [0.2, 0.25) is 0 Å². The molecule has 16 heavy (non-hydrogen) atoms. The summed E-state index contributed by atoms with van der Waals surface area (Å²) in [5.41, 5.74) is 1.21. The summed E-state index contributed by atoms with van der Waals surface area (Å²) in [7, 11) is 0. The van der Waals surface area contributed by atoms with Gasteiger partial charge in [-0.3, -0.25) is 4.90 Å². The van der Waals surface area contributed by atoms with Crippen LogP contribution in [0, 0.1) is 0 Å². The number of rotatable bonds is 3. The molecule has 88 valence electrons. The summed E-state index contributed by atoms with van der Waals surface area (Å²) < 4.78 is 0. The van der Waals surface area contributed by atoms with Gasteiger partial charge < -0.3 is 10.4 Å². The molecule has 1 aliphatic rings. The van der Waals surface area contributed by atoms with Gasteiger partial charge in [0.15, 0.2) is 0 Å². The molecule has 2 rings (SSSR count). The third-order valence-electron chi connectivity index (χ3n) is 3.22. The van der Waals surface area contributed by atoms with Gasteiger partial charge in [-0.25, -0.2) is 0 Å². The van der Waals surface area contributed by atoms with E-state index in [0.717, 1.165) is 32.6 Å². The monoisotopic (exact) mass is 220 g/mol. The van der Waals surface area contributed by atoms with Crippen LogP contribution in [0.5, 0.6) is 5.75 Å². The van der Waals surface area contributed by atoms with Crippen molar-refractivity contribution in [2.45, 2.75) is 19.4 Å². The SMILES string of the molecule is CC(Cc1cccc(O)c1)N1CCNCC1. The average Bonchev–Trinajstić information content (AvgIpc) is 2.30. The zero-order chi connectivity index (χ0) is 11.4. The molecule has 0 radical (unpaired) electrons. The number of hydrogen-bond donors (Lipinski definition) is 2. The van der Waals surface area contributed by atoms with E-state index in [2.05, 4.69) is 23.2 Å². The molecule has 1 heterocycles. The van der Waals surface area contributed by atoms with Crippen molar-refractivity contribution in [3.63, 3.8) is 0 Å². The Kier molecular flexibility index (Phi) is 3.80. The summed E-state index contributed by atoms with van der Waals surface area (Å²) in [6, 6.07) is 8.12. The van der Waals surface area contributed by atoms with Crippen LogP contribution in [0.15, 0.2) is 24.3 Å². The summed E-state index contributed by atoms with van der Waals surface area (Å²) in [6.45, 7) is 6.68. The maximum Gasteiger partial charge on any atom is 0.115 e. The quantitative estimate of drug-likeness (QED) is 0.804. The van der Waals surface area contributed by atoms with Gasteiger partial charge in [0.1, 0.15) is 5.75 Å². The Labute approximate surface area is 97.1 Å². The number of phenolic OH excluding ortho intramolecular Hbond substituents is 1. The highest BCUT2D eigenvalue weighted by Gasteiger charge is 2.16. The van der Waals surface area contributed by atoms with Gasteiger partial charge in [-0.2, -0.15) is 0 Å². The number of nitrogens with zero attached hydrogens (tertiary/aromatic N) is 1. The molecule has 0 amide bonds. The fourth-order valence-corrected chi connectivity index (χ4v) is 2.28. The minimum absolute atomic E-state index is 0.366. The smallest absolute Gasteiger partial charge is 0.115 e. The van der Waals surface area contributed by atoms with Gasteiger partial charge in [0, 0.05) is 32.2 Å². The summed E-state index contributed by atoms with van der Waals surface area (Å²) >= 11 is 0. The normalized spacial score (nSPS) is 19.6. The zero-order valence-electron chi connectivity index (χ0n) is 9.82. The number of hydrogen-bond acceptors (Lipinski definition) is 3. The molecular formula is C13H20N2O. The molecule has 0 aromatic heterocycles. The number of aromatic hydroxyl groups is 1. The van der Waals surface area contributed by atoms with E-state index in [-0.39, 0.29) is 0 Å². The van der Waals surface area contributed by atoms with Crippen molar-refractivity contribution in [1.29, 1.82) is 0 Å². The second-order valence-electron chi connectivity index (χ2n) is 4.51. The van der Waals surface area contributed by atoms with Gasteiger partial charge >= 0.3 is 0 Å². The predicted octanol–water partition coefficient (Wildman–Crippen LogP) is 1.23. The van der Waals surface area contributed by atoms with E-state index in [9.17, 15) is 5.11 Å². The van der Waals surface area contributed by atoms with Gasteiger partial charge in [-0.1, -0.05) is 12.1 Å². The molecule has 1 unspecified atom stereocenters. The van der Waals surface area contributed by atoms with Crippen molar-refractivity contribution in [3.8, 4) is 5.75 Å². The Balaban J connectivity index is 1.93. The van der Waals surface area contributed by atoms with Gasteiger partial charge in [-0.15, -0.1) is 0 Å². The first kappa shape index (κ1) is 11.4. The van der Waals surface area contributed by atoms with Crippen molar-refractivity contribution in [1.82, 2.24) is 10.2 Å². The van der Waals surface area contributed by atoms with Crippen molar-refractivity contribution in [2.75, 3.05) is 26.2 Å². The topological polar surface area (TPSA) is 35.5 Å². The molecule has 1 aliphatic heterocycles. The van der Waals surface area contributed by atoms with Crippen molar-refractivity contribution in [2.24, 2.45) is 0 Å². The Hall–Kier alpha value is -1.06. The maximum atomic E-state index is 9.41. The fourth-order valence-electron chi connectivity index (χ4n) is 2.28. The molecule has 1 fully saturated rings. The van der Waals surface area contributed by atoms with Gasteiger partial charge in [0.05, 0.1) is 0 Å². The van der Waals surface area contributed by atoms with E-state index in [4.69, 9.17) is 0 Å². The lowest BCUT2D eigenvalue weighted by atomic mass is 10.1. The largest absolute Gasteiger partial charge is 0.508 e. The van der Waals surface area contributed by atoms with E-state index in [1.165, 1.54) is 5.56 Å². The Morgan fingerprint density at radius 2 is 2.12 bits per heavy atom. The minimum atomic E-state index is 0.366. The Morgan fingerprint density at radius 3 is 2.81 bits per heavy atom. The lowest BCUT2D eigenvalue weighted by Crippen LogP contribution is -2.48. The van der Waals surface area contributed by atoms with Crippen LogP contribution >= 0.6 is 0 Å². The zero-order valence-corrected chi connectivity index (χ0v) is 9.82. The summed E-state index contributed by atoms with van der Waals surface area (Å²) in [4.78, 5) is 2.50. The molecule has 1 aromatic carbocycles. The van der Waals surface area contributed by atoms with Crippen LogP contribution in [0.1, 0.15) is 12.5 Å². The third-order valence-corrected chi connectivity index (χ3v) is 3.22. The number of benzene rings is 1. The summed E-state index contributed by atoms with van der Waals surface area (Å²) in [5.74, 6) is 0.366. The first-order chi connectivity index (χ1) is 7.75. The van der Waals surface area contributed by atoms with Crippen LogP contribution in [0.3, 0.4) is 0 Å². The highest BCUT2D eigenvalue weighted by molar-refractivity contribution is 5.27. The molecule has 2 N–H and O–H groups in total. The molecule has 1 aromatic rings. The van der Waals surface area contributed by atoms with E-state index in [1.54, 1.807) is 6.07 Å². The van der Waals surface area contributed by atoms with Crippen molar-refractivity contribution >= 4 is 0 Å². The molecule has 1 atom stereocenters. The lowest BCUT2D eigenvalue weighted by molar-refractivity contribution is 0.183. The van der Waals surface area contributed by atoms with E-state index in [1.807, 2.05) is 12.1 Å². The first-order valence-electron chi connectivity index (χ1n) is 5.98. The van der Waals surface area contributed by atoms with Gasteiger partial charge in [0.2, 0.25) is 0 Å². The molecule has 0 spiro atoms. The molecule has 3 nitrogen and oxygen atoms in total. The third kappa shape index (κ3) is 2.97. The van der Waals surface area contributed by atoms with Crippen LogP contribution in [0.4, 0.5) is 0 Å². The van der Waals surface area contributed by atoms with Crippen LogP contribution in [-0.2, 0) is 6.42 Å². The minimum Gasteiger partial charge on any atom is -0.508 e. The lowest BCUT2D eigenvalue weighted by Gasteiger charge is -2.32.